The van der Waals surface area contributed by atoms with Crippen LogP contribution < -0.4 is 5.43 Å². The first-order valence-electron chi connectivity index (χ1n) is 11.4. The highest BCUT2D eigenvalue weighted by molar-refractivity contribution is 5.82. The van der Waals surface area contributed by atoms with Crippen molar-refractivity contribution in [3.05, 3.63) is 102 Å². The molecule has 0 saturated carbocycles. The monoisotopic (exact) mass is 442 g/mol. The topological polar surface area (TPSA) is 68.2 Å². The Morgan fingerprint density at radius 1 is 0.879 bits per heavy atom. The fourth-order valence-corrected chi connectivity index (χ4v) is 4.18. The largest absolute Gasteiger partial charge is 0.508 e. The summed E-state index contributed by atoms with van der Waals surface area (Å²) in [6.45, 7) is 4.49. The molecule has 0 aromatic heterocycles. The molecule has 1 saturated heterocycles. The highest BCUT2D eigenvalue weighted by Gasteiger charge is 2.26. The summed E-state index contributed by atoms with van der Waals surface area (Å²) in [6, 6.07) is 28.2. The van der Waals surface area contributed by atoms with Crippen molar-refractivity contribution in [3.8, 4) is 5.75 Å². The minimum atomic E-state index is -0.0982. The van der Waals surface area contributed by atoms with Crippen molar-refractivity contribution >= 4 is 12.1 Å². The molecule has 6 heteroatoms. The number of benzene rings is 3. The molecule has 1 amide bonds. The van der Waals surface area contributed by atoms with Gasteiger partial charge >= 0.3 is 0 Å². The molecule has 0 spiro atoms. The molecular formula is C27H30N4O2. The smallest absolute Gasteiger partial charge is 0.241 e. The number of phenolic OH excluding ortho intramolecular Hbond substituents is 1. The van der Waals surface area contributed by atoms with E-state index in [1.165, 1.54) is 11.1 Å². The molecule has 1 fully saturated rings. The van der Waals surface area contributed by atoms with Crippen LogP contribution in [-0.2, 0) is 4.79 Å². The zero-order valence-corrected chi connectivity index (χ0v) is 18.7. The van der Waals surface area contributed by atoms with Crippen LogP contribution in [0.3, 0.4) is 0 Å². The summed E-state index contributed by atoms with van der Waals surface area (Å²) in [7, 11) is 0. The molecule has 0 radical (unpaired) electrons. The van der Waals surface area contributed by atoms with Crippen LogP contribution in [0.4, 0.5) is 0 Å². The van der Waals surface area contributed by atoms with Crippen LogP contribution in [0.2, 0.25) is 0 Å². The lowest BCUT2D eigenvalue weighted by Crippen LogP contribution is -2.48. The summed E-state index contributed by atoms with van der Waals surface area (Å²) in [4.78, 5) is 17.0. The standard InChI is InChI=1S/C27H30N4O2/c32-25-13-11-22(12-14-25)21-28-29-26(33)15-16-30-17-19-31(20-18-30)27(23-7-3-1-4-8-23)24-9-5-2-6-10-24/h1-14,21,27,32H,15-20H2,(H,29,33)/b28-21+. The van der Waals surface area contributed by atoms with Gasteiger partial charge in [0.25, 0.3) is 0 Å². The average molecular weight is 443 g/mol. The lowest BCUT2D eigenvalue weighted by Gasteiger charge is -2.39. The summed E-state index contributed by atoms with van der Waals surface area (Å²) < 4.78 is 0. The van der Waals surface area contributed by atoms with E-state index in [1.807, 2.05) is 0 Å². The Hall–Kier alpha value is -3.48. The van der Waals surface area contributed by atoms with E-state index in [1.54, 1.807) is 30.5 Å². The Morgan fingerprint density at radius 2 is 1.45 bits per heavy atom. The number of aromatic hydroxyl groups is 1. The van der Waals surface area contributed by atoms with Gasteiger partial charge in [0.05, 0.1) is 12.3 Å². The summed E-state index contributed by atoms with van der Waals surface area (Å²) in [5.41, 5.74) is 6.02. The number of amides is 1. The van der Waals surface area contributed by atoms with E-state index >= 15 is 0 Å². The Kier molecular flexibility index (Phi) is 7.85. The van der Waals surface area contributed by atoms with Crippen LogP contribution in [0, 0.1) is 0 Å². The first-order valence-corrected chi connectivity index (χ1v) is 11.4. The highest BCUT2D eigenvalue weighted by atomic mass is 16.3. The fourth-order valence-electron chi connectivity index (χ4n) is 4.18. The maximum Gasteiger partial charge on any atom is 0.241 e. The summed E-state index contributed by atoms with van der Waals surface area (Å²) in [5.74, 6) is 0.106. The van der Waals surface area contributed by atoms with Gasteiger partial charge in [0.1, 0.15) is 5.75 Å². The lowest BCUT2D eigenvalue weighted by atomic mass is 9.96. The Labute approximate surface area is 195 Å². The molecule has 1 heterocycles. The van der Waals surface area contributed by atoms with Crippen molar-refractivity contribution < 1.29 is 9.90 Å². The van der Waals surface area contributed by atoms with Gasteiger partial charge in [0.2, 0.25) is 5.91 Å². The third-order valence-electron chi connectivity index (χ3n) is 5.95. The van der Waals surface area contributed by atoms with Crippen LogP contribution in [0.1, 0.15) is 29.2 Å². The van der Waals surface area contributed by atoms with Crippen LogP contribution in [0.5, 0.6) is 5.75 Å². The zero-order valence-electron chi connectivity index (χ0n) is 18.7. The van der Waals surface area contributed by atoms with Crippen molar-refractivity contribution in [2.45, 2.75) is 12.5 Å². The Balaban J connectivity index is 1.26. The molecule has 1 aliphatic rings. The predicted octanol–water partition coefficient (Wildman–Crippen LogP) is 3.64. The number of rotatable bonds is 8. The second-order valence-corrected chi connectivity index (χ2v) is 8.24. The number of carbonyl (C=O) groups is 1. The first kappa shape index (κ1) is 22.7. The molecule has 2 N–H and O–H groups in total. The normalized spacial score (nSPS) is 15.2. The molecule has 170 valence electrons. The van der Waals surface area contributed by atoms with Gasteiger partial charge in [0, 0.05) is 39.1 Å². The van der Waals surface area contributed by atoms with E-state index in [9.17, 15) is 9.90 Å². The molecule has 3 aromatic rings. The number of nitrogens with zero attached hydrogens (tertiary/aromatic N) is 3. The van der Waals surface area contributed by atoms with Gasteiger partial charge in [-0.2, -0.15) is 5.10 Å². The molecule has 0 unspecified atom stereocenters. The van der Waals surface area contributed by atoms with Crippen LogP contribution in [-0.4, -0.2) is 59.8 Å². The number of phenols is 1. The van der Waals surface area contributed by atoms with Crippen molar-refractivity contribution in [1.82, 2.24) is 15.2 Å². The molecule has 6 nitrogen and oxygen atoms in total. The molecule has 0 aliphatic carbocycles. The van der Waals surface area contributed by atoms with Crippen molar-refractivity contribution in [2.75, 3.05) is 32.7 Å². The molecule has 33 heavy (non-hydrogen) atoms. The fraction of sp³-hybridized carbons (Fsp3) is 0.259. The SMILES string of the molecule is O=C(CCN1CCN(C(c2ccccc2)c2ccccc2)CC1)N/N=C/c1ccc(O)cc1. The van der Waals surface area contributed by atoms with Crippen LogP contribution >= 0.6 is 0 Å². The third kappa shape index (κ3) is 6.51. The van der Waals surface area contributed by atoms with Gasteiger partial charge in [-0.25, -0.2) is 5.43 Å². The predicted molar refractivity (Wildman–Crippen MR) is 131 cm³/mol. The van der Waals surface area contributed by atoms with Crippen molar-refractivity contribution in [3.63, 3.8) is 0 Å². The average Bonchev–Trinajstić information content (AvgIpc) is 2.86. The van der Waals surface area contributed by atoms with Gasteiger partial charge in [-0.15, -0.1) is 0 Å². The number of carbonyl (C=O) groups excluding carboxylic acids is 1. The second-order valence-electron chi connectivity index (χ2n) is 8.24. The van der Waals surface area contributed by atoms with E-state index < -0.39 is 0 Å². The Bertz CT molecular complexity index is 991. The maximum atomic E-state index is 12.2. The molecule has 4 rings (SSSR count). The summed E-state index contributed by atoms with van der Waals surface area (Å²) in [5, 5.41) is 13.3. The molecule has 0 atom stereocenters. The van der Waals surface area contributed by atoms with Crippen molar-refractivity contribution in [1.29, 1.82) is 0 Å². The van der Waals surface area contributed by atoms with E-state index in [0.29, 0.717) is 6.42 Å². The minimum absolute atomic E-state index is 0.0982. The second kappa shape index (κ2) is 11.4. The number of piperazine rings is 1. The van der Waals surface area contributed by atoms with E-state index in [-0.39, 0.29) is 17.7 Å². The van der Waals surface area contributed by atoms with Gasteiger partial charge in [0.15, 0.2) is 0 Å². The van der Waals surface area contributed by atoms with E-state index in [2.05, 4.69) is 81.0 Å². The van der Waals surface area contributed by atoms with Gasteiger partial charge < -0.3 is 10.0 Å². The minimum Gasteiger partial charge on any atom is -0.508 e. The molecular weight excluding hydrogens is 412 g/mol. The van der Waals surface area contributed by atoms with Gasteiger partial charge in [-0.1, -0.05) is 60.7 Å². The zero-order chi connectivity index (χ0) is 22.9. The third-order valence-corrected chi connectivity index (χ3v) is 5.95. The van der Waals surface area contributed by atoms with Gasteiger partial charge in [-0.3, -0.25) is 9.69 Å². The number of hydrogen-bond acceptors (Lipinski definition) is 5. The molecule has 0 bridgehead atoms. The number of hydrazone groups is 1. The summed E-state index contributed by atoms with van der Waals surface area (Å²) in [6.07, 6.45) is 1.98. The number of hydrogen-bond donors (Lipinski definition) is 2. The van der Waals surface area contributed by atoms with Crippen LogP contribution in [0.15, 0.2) is 90.0 Å². The van der Waals surface area contributed by atoms with E-state index in [4.69, 9.17) is 0 Å². The van der Waals surface area contributed by atoms with Crippen LogP contribution in [0.25, 0.3) is 0 Å². The quantitative estimate of drug-likeness (QED) is 0.413. The van der Waals surface area contributed by atoms with Crippen molar-refractivity contribution in [2.24, 2.45) is 5.10 Å². The summed E-state index contributed by atoms with van der Waals surface area (Å²) >= 11 is 0. The highest BCUT2D eigenvalue weighted by Crippen LogP contribution is 2.29. The van der Waals surface area contributed by atoms with Gasteiger partial charge in [-0.05, 0) is 41.0 Å². The number of nitrogens with one attached hydrogen (secondary N) is 1. The maximum absolute atomic E-state index is 12.2. The first-order chi connectivity index (χ1) is 16.2. The molecule has 1 aliphatic heterocycles. The van der Waals surface area contributed by atoms with E-state index in [0.717, 1.165) is 38.3 Å². The Morgan fingerprint density at radius 3 is 2.03 bits per heavy atom. The lowest BCUT2D eigenvalue weighted by molar-refractivity contribution is -0.121. The molecule has 3 aromatic carbocycles.